The first-order valence-electron chi connectivity index (χ1n) is 17.5. The largest absolute Gasteiger partial charge is 0.455 e. The van der Waals surface area contributed by atoms with Gasteiger partial charge in [-0.15, -0.1) is 0 Å². The Balaban J connectivity index is 1.28. The van der Waals surface area contributed by atoms with Crippen LogP contribution in [0.25, 0.3) is 99.1 Å². The molecule has 0 fully saturated rings. The van der Waals surface area contributed by atoms with Crippen molar-refractivity contribution in [3.63, 3.8) is 0 Å². The molecule has 0 saturated heterocycles. The summed E-state index contributed by atoms with van der Waals surface area (Å²) in [5, 5.41) is 7.17. The maximum Gasteiger partial charge on any atom is 0.143 e. The molecule has 0 unspecified atom stereocenters. The summed E-state index contributed by atoms with van der Waals surface area (Å²) in [7, 11) is 0. The number of furan rings is 1. The van der Waals surface area contributed by atoms with Gasteiger partial charge in [-0.3, -0.25) is 0 Å². The van der Waals surface area contributed by atoms with Crippen molar-refractivity contribution in [2.75, 3.05) is 0 Å². The Hall–Kier alpha value is -6.70. The predicted octanol–water partition coefficient (Wildman–Crippen LogP) is 14.2. The molecule has 51 heavy (non-hydrogen) atoms. The molecule has 9 aromatic carbocycles. The summed E-state index contributed by atoms with van der Waals surface area (Å²) in [4.78, 5) is 0. The Morgan fingerprint density at radius 3 is 1.24 bits per heavy atom. The molecule has 0 aliphatic carbocycles. The van der Waals surface area contributed by atoms with E-state index in [4.69, 9.17) is 4.42 Å². The minimum absolute atomic E-state index is 0.895. The van der Waals surface area contributed by atoms with Crippen molar-refractivity contribution in [1.29, 1.82) is 0 Å². The number of para-hydroxylation sites is 1. The molecule has 0 radical (unpaired) electrons. The Bertz CT molecular complexity index is 2770. The summed E-state index contributed by atoms with van der Waals surface area (Å²) < 4.78 is 6.59. The van der Waals surface area contributed by atoms with E-state index in [2.05, 4.69) is 194 Å². The highest BCUT2D eigenvalue weighted by Crippen LogP contribution is 2.49. The number of hydrogen-bond acceptors (Lipinski definition) is 1. The fourth-order valence-corrected chi connectivity index (χ4v) is 8.05. The molecule has 1 heterocycles. The molecule has 10 rings (SSSR count). The molecule has 0 N–H and O–H groups in total. The van der Waals surface area contributed by atoms with Gasteiger partial charge in [-0.25, -0.2) is 0 Å². The number of rotatable bonds is 5. The maximum atomic E-state index is 6.59. The lowest BCUT2D eigenvalue weighted by Crippen LogP contribution is -1.95. The molecule has 1 heteroatoms. The third-order valence-electron chi connectivity index (χ3n) is 10.3. The molecule has 238 valence electrons. The van der Waals surface area contributed by atoms with Crippen LogP contribution in [0.3, 0.4) is 0 Å². The lowest BCUT2D eigenvalue weighted by molar-refractivity contribution is 0.670. The van der Waals surface area contributed by atoms with Gasteiger partial charge >= 0.3 is 0 Å². The van der Waals surface area contributed by atoms with E-state index in [9.17, 15) is 0 Å². The fourth-order valence-electron chi connectivity index (χ4n) is 8.05. The van der Waals surface area contributed by atoms with Crippen molar-refractivity contribution in [2.24, 2.45) is 0 Å². The summed E-state index contributed by atoms with van der Waals surface area (Å²) in [6.45, 7) is 0. The zero-order valence-electron chi connectivity index (χ0n) is 27.9. The average molecular weight is 649 g/mol. The Kier molecular flexibility index (Phi) is 6.89. The van der Waals surface area contributed by atoms with E-state index in [0.29, 0.717) is 0 Å². The van der Waals surface area contributed by atoms with Crippen LogP contribution >= 0.6 is 0 Å². The summed E-state index contributed by atoms with van der Waals surface area (Å²) >= 11 is 0. The van der Waals surface area contributed by atoms with Gasteiger partial charge in [-0.1, -0.05) is 182 Å². The van der Waals surface area contributed by atoms with E-state index in [1.807, 2.05) is 0 Å². The smallest absolute Gasteiger partial charge is 0.143 e. The van der Waals surface area contributed by atoms with E-state index >= 15 is 0 Å². The highest BCUT2D eigenvalue weighted by molar-refractivity contribution is 6.24. The van der Waals surface area contributed by atoms with Crippen LogP contribution < -0.4 is 0 Å². The second-order valence-electron chi connectivity index (χ2n) is 13.2. The van der Waals surface area contributed by atoms with Gasteiger partial charge in [0.1, 0.15) is 11.2 Å². The standard InChI is InChI=1S/C50H32O/c1-4-16-33(17-5-1)37-26-14-27-38(34-18-6-2-7-19-34)48(37)49-42-24-12-10-22-40(42)47(41-23-11-13-25-43(41)49)36-30-31-46-45(32-36)44-29-15-28-39(50(44)51-46)35-20-8-3-9-21-35/h1-32H. The second kappa shape index (κ2) is 12.0. The van der Waals surface area contributed by atoms with Crippen LogP contribution in [0, 0.1) is 0 Å². The number of benzene rings is 9. The topological polar surface area (TPSA) is 13.1 Å². The summed E-state index contributed by atoms with van der Waals surface area (Å²) in [6, 6.07) is 69.9. The first-order valence-corrected chi connectivity index (χ1v) is 17.5. The van der Waals surface area contributed by atoms with Crippen molar-refractivity contribution in [3.8, 4) is 55.6 Å². The van der Waals surface area contributed by atoms with Crippen LogP contribution in [0.5, 0.6) is 0 Å². The first kappa shape index (κ1) is 29.2. The molecule has 0 aliphatic heterocycles. The highest BCUT2D eigenvalue weighted by atomic mass is 16.3. The quantitative estimate of drug-likeness (QED) is 0.169. The predicted molar refractivity (Wildman–Crippen MR) is 216 cm³/mol. The molecule has 0 saturated carbocycles. The molecular formula is C50H32O. The summed E-state index contributed by atoms with van der Waals surface area (Å²) in [6.07, 6.45) is 0. The Morgan fingerprint density at radius 1 is 0.255 bits per heavy atom. The van der Waals surface area contributed by atoms with Crippen LogP contribution in [0.15, 0.2) is 199 Å². The molecule has 10 aromatic rings. The maximum absolute atomic E-state index is 6.59. The van der Waals surface area contributed by atoms with Crippen LogP contribution in [-0.2, 0) is 0 Å². The van der Waals surface area contributed by atoms with Gasteiger partial charge in [0.2, 0.25) is 0 Å². The summed E-state index contributed by atoms with van der Waals surface area (Å²) in [5.74, 6) is 0. The lowest BCUT2D eigenvalue weighted by atomic mass is 9.81. The average Bonchev–Trinajstić information content (AvgIpc) is 3.59. The molecule has 1 aromatic heterocycles. The van der Waals surface area contributed by atoms with Gasteiger partial charge in [0.05, 0.1) is 0 Å². The van der Waals surface area contributed by atoms with Gasteiger partial charge in [-0.05, 0) is 83.7 Å². The fraction of sp³-hybridized carbons (Fsp3) is 0. The van der Waals surface area contributed by atoms with Gasteiger partial charge in [-0.2, -0.15) is 0 Å². The monoisotopic (exact) mass is 648 g/mol. The van der Waals surface area contributed by atoms with Gasteiger partial charge in [0, 0.05) is 16.3 Å². The normalized spacial score (nSPS) is 11.5. The van der Waals surface area contributed by atoms with E-state index in [1.54, 1.807) is 0 Å². The van der Waals surface area contributed by atoms with E-state index < -0.39 is 0 Å². The second-order valence-corrected chi connectivity index (χ2v) is 13.2. The molecule has 1 nitrogen and oxygen atoms in total. The van der Waals surface area contributed by atoms with Crippen LogP contribution in [0.2, 0.25) is 0 Å². The van der Waals surface area contributed by atoms with Gasteiger partial charge in [0.15, 0.2) is 0 Å². The molecule has 0 bridgehead atoms. The third-order valence-corrected chi connectivity index (χ3v) is 10.3. The van der Waals surface area contributed by atoms with Crippen molar-refractivity contribution in [2.45, 2.75) is 0 Å². The van der Waals surface area contributed by atoms with Crippen molar-refractivity contribution < 1.29 is 4.42 Å². The van der Waals surface area contributed by atoms with E-state index in [-0.39, 0.29) is 0 Å². The minimum Gasteiger partial charge on any atom is -0.455 e. The number of fused-ring (bicyclic) bond motifs is 5. The Morgan fingerprint density at radius 2 is 0.686 bits per heavy atom. The lowest BCUT2D eigenvalue weighted by Gasteiger charge is -2.22. The van der Waals surface area contributed by atoms with E-state index in [1.165, 1.54) is 66.1 Å². The van der Waals surface area contributed by atoms with Crippen LogP contribution in [0.4, 0.5) is 0 Å². The SMILES string of the molecule is c1ccc(-c2cccc(-c3ccccc3)c2-c2c3ccccc3c(-c3ccc4oc5c(-c6ccccc6)cccc5c4c3)c3ccccc23)cc1. The van der Waals surface area contributed by atoms with Gasteiger partial charge < -0.3 is 4.42 Å². The van der Waals surface area contributed by atoms with Gasteiger partial charge in [0.25, 0.3) is 0 Å². The minimum atomic E-state index is 0.895. The molecule has 0 amide bonds. The van der Waals surface area contributed by atoms with E-state index in [0.717, 1.165) is 33.1 Å². The Labute approximate surface area is 296 Å². The van der Waals surface area contributed by atoms with Crippen LogP contribution in [0.1, 0.15) is 0 Å². The van der Waals surface area contributed by atoms with Crippen molar-refractivity contribution >= 4 is 43.5 Å². The zero-order chi connectivity index (χ0) is 33.7. The molecule has 0 atom stereocenters. The number of hydrogen-bond donors (Lipinski definition) is 0. The van der Waals surface area contributed by atoms with Crippen LogP contribution in [-0.4, -0.2) is 0 Å². The highest BCUT2D eigenvalue weighted by Gasteiger charge is 2.22. The molecule has 0 aliphatic rings. The zero-order valence-corrected chi connectivity index (χ0v) is 27.9. The molecule has 0 spiro atoms. The summed E-state index contributed by atoms with van der Waals surface area (Å²) in [5.41, 5.74) is 13.8. The van der Waals surface area contributed by atoms with Crippen molar-refractivity contribution in [1.82, 2.24) is 0 Å². The first-order chi connectivity index (χ1) is 25.3. The van der Waals surface area contributed by atoms with Crippen molar-refractivity contribution in [3.05, 3.63) is 194 Å². The third kappa shape index (κ3) is 4.78. The molecular weight excluding hydrogens is 617 g/mol.